The molecule has 166 valence electrons. The van der Waals surface area contributed by atoms with E-state index in [9.17, 15) is 14.7 Å². The van der Waals surface area contributed by atoms with Gasteiger partial charge in [-0.25, -0.2) is 5.01 Å². The van der Waals surface area contributed by atoms with Gasteiger partial charge in [0.1, 0.15) is 16.6 Å². The summed E-state index contributed by atoms with van der Waals surface area (Å²) < 4.78 is 0. The number of aryl methyl sites for hydroxylation is 2. The van der Waals surface area contributed by atoms with Gasteiger partial charge in [-0.1, -0.05) is 47.7 Å². The van der Waals surface area contributed by atoms with Crippen molar-refractivity contribution in [3.05, 3.63) is 64.2 Å². The van der Waals surface area contributed by atoms with Crippen LogP contribution >= 0.6 is 11.3 Å². The highest BCUT2D eigenvalue weighted by molar-refractivity contribution is 7.14. The summed E-state index contributed by atoms with van der Waals surface area (Å²) in [6, 6.07) is 13.9. The first kappa shape index (κ1) is 21.9. The van der Waals surface area contributed by atoms with Crippen molar-refractivity contribution in [3.8, 4) is 10.6 Å². The van der Waals surface area contributed by atoms with Crippen LogP contribution in [0.25, 0.3) is 10.6 Å². The molecule has 2 aromatic carbocycles. The Labute approximate surface area is 190 Å². The quantitative estimate of drug-likeness (QED) is 0.590. The van der Waals surface area contributed by atoms with E-state index in [-0.39, 0.29) is 19.0 Å². The molecule has 3 aromatic rings. The zero-order valence-electron chi connectivity index (χ0n) is 18.3. The fourth-order valence-electron chi connectivity index (χ4n) is 3.84. The minimum Gasteiger partial charge on any atom is -0.480 e. The Balaban J connectivity index is 1.55. The summed E-state index contributed by atoms with van der Waals surface area (Å²) in [4.78, 5) is 26.4. The number of likely N-dealkylation sites (N-methyl/N-ethyl adjacent to an activating group) is 1. The molecule has 1 aromatic heterocycles. The Morgan fingerprint density at radius 1 is 1.06 bits per heavy atom. The maximum Gasteiger partial charge on any atom is 0.323 e. The molecule has 1 aliphatic rings. The van der Waals surface area contributed by atoms with Gasteiger partial charge in [0.05, 0.1) is 6.54 Å². The molecule has 0 saturated carbocycles. The lowest BCUT2D eigenvalue weighted by molar-refractivity contribution is -0.145. The van der Waals surface area contributed by atoms with Crippen molar-refractivity contribution in [2.75, 3.05) is 25.0 Å². The van der Waals surface area contributed by atoms with E-state index in [0.29, 0.717) is 18.8 Å². The van der Waals surface area contributed by atoms with Crippen LogP contribution in [0.15, 0.2) is 42.5 Å². The largest absolute Gasteiger partial charge is 0.480 e. The van der Waals surface area contributed by atoms with Crippen molar-refractivity contribution in [2.45, 2.75) is 26.9 Å². The molecule has 2 heterocycles. The van der Waals surface area contributed by atoms with Crippen LogP contribution in [0.5, 0.6) is 0 Å². The van der Waals surface area contributed by atoms with E-state index >= 15 is 0 Å². The molecule has 0 atom stereocenters. The molecule has 1 aliphatic heterocycles. The molecule has 4 rings (SSSR count). The fourth-order valence-corrected chi connectivity index (χ4v) is 4.52. The van der Waals surface area contributed by atoms with E-state index < -0.39 is 5.97 Å². The number of hydrogen-bond donors (Lipinski definition) is 1. The molecule has 9 heteroatoms. The van der Waals surface area contributed by atoms with E-state index in [1.54, 1.807) is 17.0 Å². The number of carboxylic acid groups (broad SMARTS) is 1. The molecule has 1 amide bonds. The summed E-state index contributed by atoms with van der Waals surface area (Å²) in [5, 5.41) is 23.0. The number of benzene rings is 2. The van der Waals surface area contributed by atoms with Gasteiger partial charge in [0.25, 0.3) is 5.91 Å². The van der Waals surface area contributed by atoms with Gasteiger partial charge in [-0.15, -0.1) is 10.2 Å². The van der Waals surface area contributed by atoms with Crippen molar-refractivity contribution in [1.82, 2.24) is 20.2 Å². The lowest BCUT2D eigenvalue weighted by Gasteiger charge is -2.31. The Kier molecular flexibility index (Phi) is 6.20. The van der Waals surface area contributed by atoms with Crippen molar-refractivity contribution >= 4 is 28.9 Å². The van der Waals surface area contributed by atoms with Gasteiger partial charge >= 0.3 is 5.97 Å². The Hall–Kier alpha value is -3.30. The Morgan fingerprint density at radius 2 is 1.75 bits per heavy atom. The predicted molar refractivity (Wildman–Crippen MR) is 123 cm³/mol. The van der Waals surface area contributed by atoms with Crippen molar-refractivity contribution in [3.63, 3.8) is 0 Å². The number of fused-ring (bicyclic) bond motifs is 1. The smallest absolute Gasteiger partial charge is 0.323 e. The first-order chi connectivity index (χ1) is 15.3. The fraction of sp³-hybridized carbons (Fsp3) is 0.304. The van der Waals surface area contributed by atoms with Crippen LogP contribution in [0.2, 0.25) is 0 Å². The first-order valence-electron chi connectivity index (χ1n) is 10.3. The monoisotopic (exact) mass is 451 g/mol. The van der Waals surface area contributed by atoms with Crippen LogP contribution in [0.4, 0.5) is 5.69 Å². The summed E-state index contributed by atoms with van der Waals surface area (Å²) in [6.45, 7) is 4.78. The zero-order valence-corrected chi connectivity index (χ0v) is 19.1. The maximum atomic E-state index is 13.1. The molecule has 1 N–H and O–H groups in total. The highest BCUT2D eigenvalue weighted by atomic mass is 32.1. The number of carbonyl (C=O) groups excluding carboxylic acids is 1. The predicted octanol–water partition coefficient (Wildman–Crippen LogP) is 3.10. The van der Waals surface area contributed by atoms with Crippen LogP contribution in [0.1, 0.15) is 21.7 Å². The van der Waals surface area contributed by atoms with Crippen LogP contribution in [-0.2, 0) is 22.7 Å². The first-order valence-corrected chi connectivity index (χ1v) is 11.1. The standard InChI is InChI=1S/C23H25N5O3S/c1-15-8-9-17(23-25-24-16(2)32-23)10-20(15)27(14-22(30)31)13-21(29)26(3)28-11-18-6-4-5-7-19(18)12-28/h4-10H,11-14H2,1-3H3,(H,30,31). The number of aliphatic carboxylic acids is 1. The highest BCUT2D eigenvalue weighted by Gasteiger charge is 2.27. The summed E-state index contributed by atoms with van der Waals surface area (Å²) in [5.41, 5.74) is 4.84. The number of aromatic nitrogens is 2. The van der Waals surface area contributed by atoms with Crippen molar-refractivity contribution < 1.29 is 14.7 Å². The van der Waals surface area contributed by atoms with E-state index in [2.05, 4.69) is 22.3 Å². The van der Waals surface area contributed by atoms with Crippen molar-refractivity contribution in [1.29, 1.82) is 0 Å². The van der Waals surface area contributed by atoms with Crippen LogP contribution in [0.3, 0.4) is 0 Å². The van der Waals surface area contributed by atoms with Gasteiger partial charge < -0.3 is 10.0 Å². The lowest BCUT2D eigenvalue weighted by Crippen LogP contribution is -2.47. The Morgan fingerprint density at radius 3 is 2.34 bits per heavy atom. The van der Waals surface area contributed by atoms with Crippen molar-refractivity contribution in [2.24, 2.45) is 0 Å². The molecule has 0 fully saturated rings. The number of rotatable bonds is 7. The summed E-state index contributed by atoms with van der Waals surface area (Å²) in [6.07, 6.45) is 0. The summed E-state index contributed by atoms with van der Waals surface area (Å²) in [7, 11) is 1.74. The normalized spacial score (nSPS) is 13.1. The lowest BCUT2D eigenvalue weighted by atomic mass is 10.1. The molecular weight excluding hydrogens is 426 g/mol. The molecule has 0 radical (unpaired) electrons. The third kappa shape index (κ3) is 4.63. The van der Waals surface area contributed by atoms with Gasteiger partial charge in [0.15, 0.2) is 0 Å². The number of amides is 1. The van der Waals surface area contributed by atoms with Gasteiger partial charge in [-0.3, -0.25) is 14.6 Å². The van der Waals surface area contributed by atoms with E-state index in [4.69, 9.17) is 0 Å². The van der Waals surface area contributed by atoms with Gasteiger partial charge in [0.2, 0.25) is 0 Å². The second-order valence-electron chi connectivity index (χ2n) is 7.89. The molecule has 0 aliphatic carbocycles. The number of carboxylic acids is 1. The average Bonchev–Trinajstić information content (AvgIpc) is 3.39. The second kappa shape index (κ2) is 9.05. The number of anilines is 1. The summed E-state index contributed by atoms with van der Waals surface area (Å²) >= 11 is 1.47. The number of hydrogen-bond acceptors (Lipinski definition) is 7. The number of nitrogens with zero attached hydrogens (tertiary/aromatic N) is 5. The van der Waals surface area contributed by atoms with Gasteiger partial charge in [-0.05, 0) is 36.6 Å². The highest BCUT2D eigenvalue weighted by Crippen LogP contribution is 2.30. The molecule has 8 nitrogen and oxygen atoms in total. The molecule has 0 unspecified atom stereocenters. The molecule has 0 spiro atoms. The van der Waals surface area contributed by atoms with Gasteiger partial charge in [-0.2, -0.15) is 0 Å². The third-order valence-corrected chi connectivity index (χ3v) is 6.47. The topological polar surface area (TPSA) is 89.9 Å². The van der Waals surface area contributed by atoms with E-state index in [1.165, 1.54) is 22.5 Å². The molecule has 32 heavy (non-hydrogen) atoms. The second-order valence-corrected chi connectivity index (χ2v) is 9.07. The minimum atomic E-state index is -0.995. The molecule has 0 bridgehead atoms. The number of hydrazine groups is 1. The third-order valence-electron chi connectivity index (χ3n) is 5.58. The van der Waals surface area contributed by atoms with Crippen LogP contribution in [-0.4, -0.2) is 57.3 Å². The van der Waals surface area contributed by atoms with Crippen LogP contribution in [0, 0.1) is 13.8 Å². The number of carbonyl (C=O) groups is 2. The minimum absolute atomic E-state index is 0.0465. The average molecular weight is 452 g/mol. The SMILES string of the molecule is Cc1nnc(-c2ccc(C)c(N(CC(=O)O)CC(=O)N(C)N3Cc4ccccc4C3)c2)s1. The zero-order chi connectivity index (χ0) is 22.8. The maximum absolute atomic E-state index is 13.1. The summed E-state index contributed by atoms with van der Waals surface area (Å²) in [5.74, 6) is -1.17. The Bertz CT molecular complexity index is 1140. The van der Waals surface area contributed by atoms with Crippen LogP contribution < -0.4 is 4.90 Å². The molecular formula is C23H25N5O3S. The van der Waals surface area contributed by atoms with E-state index in [0.717, 1.165) is 21.1 Å². The molecule has 0 saturated heterocycles. The van der Waals surface area contributed by atoms with E-state index in [1.807, 2.05) is 49.2 Å². The van der Waals surface area contributed by atoms with Gasteiger partial charge in [0, 0.05) is 31.4 Å².